The highest BCUT2D eigenvalue weighted by molar-refractivity contribution is 6.33. The number of aromatic nitrogens is 4. The van der Waals surface area contributed by atoms with Gasteiger partial charge in [0.05, 0.1) is 23.5 Å². The van der Waals surface area contributed by atoms with Crippen molar-refractivity contribution >= 4 is 29.0 Å². The zero-order chi connectivity index (χ0) is 27.0. The number of pyridine rings is 1. The van der Waals surface area contributed by atoms with Gasteiger partial charge in [0.25, 0.3) is 0 Å². The summed E-state index contributed by atoms with van der Waals surface area (Å²) in [5.74, 6) is -0.130. The van der Waals surface area contributed by atoms with Crippen LogP contribution in [-0.4, -0.2) is 44.6 Å². The van der Waals surface area contributed by atoms with Gasteiger partial charge in [-0.1, -0.05) is 29.3 Å². The molecule has 1 saturated heterocycles. The van der Waals surface area contributed by atoms with Crippen LogP contribution in [-0.2, 0) is 11.3 Å². The summed E-state index contributed by atoms with van der Waals surface area (Å²) >= 11 is 12.8. The third-order valence-electron chi connectivity index (χ3n) is 6.18. The summed E-state index contributed by atoms with van der Waals surface area (Å²) < 4.78 is 42.0. The molecule has 5 rings (SSSR count). The second kappa shape index (κ2) is 10.4. The summed E-state index contributed by atoms with van der Waals surface area (Å²) in [5, 5.41) is 4.56. The largest absolute Gasteiger partial charge is 0.454 e. The number of hydrogen-bond acceptors (Lipinski definition) is 6. The van der Waals surface area contributed by atoms with Gasteiger partial charge in [0.1, 0.15) is 40.2 Å². The fraction of sp³-hybridized carbons (Fsp3) is 0.269. The minimum absolute atomic E-state index is 0.200. The molecule has 1 aliphatic rings. The van der Waals surface area contributed by atoms with Crippen molar-refractivity contribution in [2.75, 3.05) is 24.6 Å². The number of anilines is 1. The van der Waals surface area contributed by atoms with Gasteiger partial charge in [-0.2, -0.15) is 9.78 Å². The predicted molar refractivity (Wildman–Crippen MR) is 140 cm³/mol. The number of nitrogens with zero attached hydrogens (tertiary/aromatic N) is 5. The van der Waals surface area contributed by atoms with E-state index in [1.807, 2.05) is 13.8 Å². The zero-order valence-corrected chi connectivity index (χ0v) is 22.0. The Labute approximate surface area is 226 Å². The summed E-state index contributed by atoms with van der Waals surface area (Å²) in [6, 6.07) is 9.91. The van der Waals surface area contributed by atoms with Crippen LogP contribution in [0.15, 0.2) is 59.8 Å². The molecule has 3 heterocycles. The van der Waals surface area contributed by atoms with Crippen molar-refractivity contribution in [1.82, 2.24) is 19.3 Å². The van der Waals surface area contributed by atoms with Crippen LogP contribution in [0.2, 0.25) is 10.0 Å². The molecule has 0 spiro atoms. The first kappa shape index (κ1) is 26.1. The zero-order valence-electron chi connectivity index (χ0n) is 20.5. The summed E-state index contributed by atoms with van der Waals surface area (Å²) in [6.45, 7) is 5.72. The van der Waals surface area contributed by atoms with Crippen molar-refractivity contribution in [3.8, 4) is 17.2 Å². The molecule has 4 aromatic rings. The van der Waals surface area contributed by atoms with E-state index in [2.05, 4.69) is 15.0 Å². The first-order chi connectivity index (χ1) is 18.2. The Bertz CT molecular complexity index is 1530. The maximum absolute atomic E-state index is 14.0. The molecule has 0 atom stereocenters. The van der Waals surface area contributed by atoms with Crippen LogP contribution in [0.4, 0.5) is 14.6 Å². The van der Waals surface area contributed by atoms with E-state index in [0.717, 1.165) is 21.4 Å². The van der Waals surface area contributed by atoms with E-state index in [-0.39, 0.29) is 22.7 Å². The number of rotatable bonds is 8. The number of hydrogen-bond donors (Lipinski definition) is 0. The standard InChI is InChI=1S/C26H23Cl2F2N5O3/c1-3-37-26(2)13-34(14-26)24-10-23(19(28)11-31-24)38-22-8-7-16(9-18(22)27)35-25(36)33(15-32-35)12-17-20(29)5-4-6-21(17)30/h4-11,15H,3,12-14H2,1-2H3. The summed E-state index contributed by atoms with van der Waals surface area (Å²) in [4.78, 5) is 19.3. The van der Waals surface area contributed by atoms with Crippen molar-refractivity contribution in [1.29, 1.82) is 0 Å². The van der Waals surface area contributed by atoms with Crippen molar-refractivity contribution in [3.63, 3.8) is 0 Å². The highest BCUT2D eigenvalue weighted by Gasteiger charge is 2.40. The van der Waals surface area contributed by atoms with E-state index >= 15 is 0 Å². The Morgan fingerprint density at radius 1 is 1.05 bits per heavy atom. The molecule has 12 heteroatoms. The van der Waals surface area contributed by atoms with E-state index in [9.17, 15) is 13.6 Å². The number of ether oxygens (including phenoxy) is 2. The van der Waals surface area contributed by atoms with Gasteiger partial charge in [-0.15, -0.1) is 0 Å². The SMILES string of the molecule is CCOC1(C)CN(c2cc(Oc3ccc(-n4ncn(Cc5c(F)cccc5F)c4=O)cc3Cl)c(Cl)cn2)C1. The van der Waals surface area contributed by atoms with E-state index in [1.54, 1.807) is 18.2 Å². The minimum atomic E-state index is -0.746. The fourth-order valence-corrected chi connectivity index (χ4v) is 4.68. The first-order valence-corrected chi connectivity index (χ1v) is 12.5. The summed E-state index contributed by atoms with van der Waals surface area (Å²) in [7, 11) is 0. The molecule has 38 heavy (non-hydrogen) atoms. The molecule has 2 aromatic carbocycles. The van der Waals surface area contributed by atoms with Crippen LogP contribution in [0.1, 0.15) is 19.4 Å². The Balaban J connectivity index is 1.34. The van der Waals surface area contributed by atoms with E-state index in [4.69, 9.17) is 32.7 Å². The molecule has 0 saturated carbocycles. The molecule has 1 aliphatic heterocycles. The van der Waals surface area contributed by atoms with E-state index in [0.29, 0.717) is 47.7 Å². The van der Waals surface area contributed by atoms with E-state index in [1.165, 1.54) is 24.7 Å². The Kier molecular flexibility index (Phi) is 7.13. The third kappa shape index (κ3) is 5.11. The molecule has 198 valence electrons. The van der Waals surface area contributed by atoms with Gasteiger partial charge >= 0.3 is 5.69 Å². The highest BCUT2D eigenvalue weighted by Crippen LogP contribution is 2.37. The smallest absolute Gasteiger partial charge is 0.350 e. The number of benzene rings is 2. The topological polar surface area (TPSA) is 74.4 Å². The predicted octanol–water partition coefficient (Wildman–Crippen LogP) is 5.47. The molecule has 0 unspecified atom stereocenters. The molecular weight excluding hydrogens is 539 g/mol. The van der Waals surface area contributed by atoms with Gasteiger partial charge in [0, 0.05) is 31.3 Å². The second-order valence-corrected chi connectivity index (χ2v) is 9.90. The Morgan fingerprint density at radius 2 is 1.79 bits per heavy atom. The van der Waals surface area contributed by atoms with Crippen LogP contribution < -0.4 is 15.3 Å². The van der Waals surface area contributed by atoms with Crippen LogP contribution in [0.5, 0.6) is 11.5 Å². The van der Waals surface area contributed by atoms with Gasteiger partial charge in [-0.05, 0) is 44.2 Å². The molecule has 0 N–H and O–H groups in total. The molecule has 0 bridgehead atoms. The molecule has 1 fully saturated rings. The summed E-state index contributed by atoms with van der Waals surface area (Å²) in [5.41, 5.74) is -0.694. The van der Waals surface area contributed by atoms with Gasteiger partial charge in [0.2, 0.25) is 0 Å². The fourth-order valence-electron chi connectivity index (χ4n) is 4.32. The van der Waals surface area contributed by atoms with Crippen molar-refractivity contribution in [2.24, 2.45) is 0 Å². The number of halogens is 4. The summed E-state index contributed by atoms with van der Waals surface area (Å²) in [6.07, 6.45) is 2.71. The average Bonchev–Trinajstić information content (AvgIpc) is 3.22. The van der Waals surface area contributed by atoms with Crippen molar-refractivity contribution in [2.45, 2.75) is 26.0 Å². The van der Waals surface area contributed by atoms with E-state index < -0.39 is 17.3 Å². The molecule has 0 aliphatic carbocycles. The Morgan fingerprint density at radius 3 is 2.47 bits per heavy atom. The molecule has 8 nitrogen and oxygen atoms in total. The van der Waals surface area contributed by atoms with Crippen molar-refractivity contribution < 1.29 is 18.3 Å². The monoisotopic (exact) mass is 561 g/mol. The van der Waals surface area contributed by atoms with Crippen LogP contribution in [0, 0.1) is 11.6 Å². The molecule has 0 amide bonds. The third-order valence-corrected chi connectivity index (χ3v) is 6.76. The first-order valence-electron chi connectivity index (χ1n) is 11.8. The quantitative estimate of drug-likeness (QED) is 0.284. The lowest BCUT2D eigenvalue weighted by Crippen LogP contribution is -2.61. The molecule has 0 radical (unpaired) electrons. The van der Waals surface area contributed by atoms with Crippen LogP contribution >= 0.6 is 23.2 Å². The molecule has 2 aromatic heterocycles. The van der Waals surface area contributed by atoms with Gasteiger partial charge < -0.3 is 14.4 Å². The molecular formula is C26H23Cl2F2N5O3. The highest BCUT2D eigenvalue weighted by atomic mass is 35.5. The van der Waals surface area contributed by atoms with Crippen LogP contribution in [0.3, 0.4) is 0 Å². The maximum atomic E-state index is 14.0. The normalized spacial score (nSPS) is 14.4. The second-order valence-electron chi connectivity index (χ2n) is 9.08. The minimum Gasteiger partial charge on any atom is -0.454 e. The Hall–Kier alpha value is -3.47. The van der Waals surface area contributed by atoms with Gasteiger partial charge in [-0.3, -0.25) is 4.57 Å². The lowest BCUT2D eigenvalue weighted by molar-refractivity contribution is -0.0448. The van der Waals surface area contributed by atoms with Gasteiger partial charge in [0.15, 0.2) is 5.75 Å². The average molecular weight is 562 g/mol. The maximum Gasteiger partial charge on any atom is 0.350 e. The van der Waals surface area contributed by atoms with Crippen LogP contribution in [0.25, 0.3) is 5.69 Å². The lowest BCUT2D eigenvalue weighted by atomic mass is 9.96. The van der Waals surface area contributed by atoms with Gasteiger partial charge in [-0.25, -0.2) is 18.6 Å². The lowest BCUT2D eigenvalue weighted by Gasteiger charge is -2.48. The van der Waals surface area contributed by atoms with Crippen molar-refractivity contribution in [3.05, 3.63) is 92.7 Å².